The molecule has 0 unspecified atom stereocenters. The summed E-state index contributed by atoms with van der Waals surface area (Å²) < 4.78 is 0. The van der Waals surface area contributed by atoms with E-state index in [9.17, 15) is 4.79 Å². The molecule has 2 rings (SSSR count). The van der Waals surface area contributed by atoms with Gasteiger partial charge in [0.05, 0.1) is 23.5 Å². The van der Waals surface area contributed by atoms with Crippen molar-refractivity contribution in [2.45, 2.75) is 6.54 Å². The first-order valence-electron chi connectivity index (χ1n) is 5.27. The zero-order valence-corrected chi connectivity index (χ0v) is 9.47. The number of hydrogen-bond acceptors (Lipinski definition) is 4. The number of nitrogens with two attached hydrogens (primary N) is 1. The van der Waals surface area contributed by atoms with E-state index in [2.05, 4.69) is 15.5 Å². The molecule has 0 fully saturated rings. The zero-order chi connectivity index (χ0) is 13.0. The number of hydrogen-bond donors (Lipinski definition) is 3. The summed E-state index contributed by atoms with van der Waals surface area (Å²) in [6, 6.07) is 9.01. The van der Waals surface area contributed by atoms with Gasteiger partial charge in [-0.05, 0) is 17.7 Å². The van der Waals surface area contributed by atoms with Crippen molar-refractivity contribution in [3.8, 4) is 6.07 Å². The number of nitrogens with zero attached hydrogens (tertiary/aromatic N) is 2. The van der Waals surface area contributed by atoms with Gasteiger partial charge < -0.3 is 11.1 Å². The summed E-state index contributed by atoms with van der Waals surface area (Å²) in [7, 11) is 0. The van der Waals surface area contributed by atoms with Gasteiger partial charge in [-0.25, -0.2) is 0 Å². The molecular formula is C12H11N5O. The number of benzene rings is 1. The van der Waals surface area contributed by atoms with Gasteiger partial charge in [0.25, 0.3) is 5.91 Å². The SMILES string of the molecule is N#Cc1ccc(CNC(=O)c2[nH]ncc2N)cc1. The summed E-state index contributed by atoms with van der Waals surface area (Å²) in [5, 5.41) is 17.6. The summed E-state index contributed by atoms with van der Waals surface area (Å²) in [5.74, 6) is -0.311. The summed E-state index contributed by atoms with van der Waals surface area (Å²) in [6.07, 6.45) is 1.39. The highest BCUT2D eigenvalue weighted by atomic mass is 16.1. The second kappa shape index (κ2) is 5.01. The fourth-order valence-corrected chi connectivity index (χ4v) is 1.45. The van der Waals surface area contributed by atoms with E-state index in [1.807, 2.05) is 6.07 Å². The van der Waals surface area contributed by atoms with Crippen molar-refractivity contribution in [2.24, 2.45) is 0 Å². The molecule has 18 heavy (non-hydrogen) atoms. The molecule has 0 spiro atoms. The highest BCUT2D eigenvalue weighted by Gasteiger charge is 2.10. The second-order valence-electron chi connectivity index (χ2n) is 3.69. The van der Waals surface area contributed by atoms with E-state index in [-0.39, 0.29) is 11.6 Å². The van der Waals surface area contributed by atoms with Crippen LogP contribution in [0.4, 0.5) is 5.69 Å². The Balaban J connectivity index is 1.97. The van der Waals surface area contributed by atoms with E-state index < -0.39 is 0 Å². The maximum atomic E-state index is 11.7. The molecular weight excluding hydrogens is 230 g/mol. The Hall–Kier alpha value is -2.81. The van der Waals surface area contributed by atoms with Crippen molar-refractivity contribution in [3.05, 3.63) is 47.3 Å². The molecule has 0 saturated carbocycles. The molecule has 1 heterocycles. The minimum Gasteiger partial charge on any atom is -0.396 e. The largest absolute Gasteiger partial charge is 0.396 e. The van der Waals surface area contributed by atoms with Gasteiger partial charge in [0.2, 0.25) is 0 Å². The number of rotatable bonds is 3. The number of anilines is 1. The lowest BCUT2D eigenvalue weighted by Gasteiger charge is -2.04. The van der Waals surface area contributed by atoms with E-state index in [4.69, 9.17) is 11.0 Å². The summed E-state index contributed by atoms with van der Waals surface area (Å²) >= 11 is 0. The first kappa shape index (κ1) is 11.7. The molecule has 0 saturated heterocycles. The molecule has 1 amide bonds. The average Bonchev–Trinajstić information content (AvgIpc) is 2.83. The number of aromatic amines is 1. The van der Waals surface area contributed by atoms with Crippen molar-refractivity contribution in [2.75, 3.05) is 5.73 Å². The maximum Gasteiger partial charge on any atom is 0.271 e. The minimum absolute atomic E-state index is 0.253. The Morgan fingerprint density at radius 2 is 2.17 bits per heavy atom. The highest BCUT2D eigenvalue weighted by Crippen LogP contribution is 2.07. The van der Waals surface area contributed by atoms with Crippen LogP contribution in [0.3, 0.4) is 0 Å². The molecule has 0 aliphatic heterocycles. The Morgan fingerprint density at radius 3 is 2.72 bits per heavy atom. The van der Waals surface area contributed by atoms with Gasteiger partial charge in [0.1, 0.15) is 5.69 Å². The predicted molar refractivity (Wildman–Crippen MR) is 65.3 cm³/mol. The fourth-order valence-electron chi connectivity index (χ4n) is 1.45. The van der Waals surface area contributed by atoms with Gasteiger partial charge in [-0.1, -0.05) is 12.1 Å². The molecule has 4 N–H and O–H groups in total. The third kappa shape index (κ3) is 2.47. The van der Waals surface area contributed by atoms with Gasteiger partial charge in [-0.2, -0.15) is 10.4 Å². The van der Waals surface area contributed by atoms with E-state index in [0.29, 0.717) is 17.8 Å². The standard InChI is InChI=1S/C12H11N5O/c13-5-8-1-3-9(4-2-8)6-15-12(18)11-10(14)7-16-17-11/h1-4,7H,6,14H2,(H,15,18)(H,16,17). The van der Waals surface area contributed by atoms with Crippen molar-refractivity contribution in [1.82, 2.24) is 15.5 Å². The first-order chi connectivity index (χ1) is 8.70. The molecule has 0 radical (unpaired) electrons. The third-order valence-corrected chi connectivity index (χ3v) is 2.43. The van der Waals surface area contributed by atoms with Crippen molar-refractivity contribution >= 4 is 11.6 Å². The van der Waals surface area contributed by atoms with E-state index >= 15 is 0 Å². The first-order valence-corrected chi connectivity index (χ1v) is 5.27. The minimum atomic E-state index is -0.311. The predicted octanol–water partition coefficient (Wildman–Crippen LogP) is 0.794. The normalized spacial score (nSPS) is 9.72. The Morgan fingerprint density at radius 1 is 1.44 bits per heavy atom. The topological polar surface area (TPSA) is 108 Å². The average molecular weight is 241 g/mol. The van der Waals surface area contributed by atoms with Gasteiger partial charge >= 0.3 is 0 Å². The molecule has 0 bridgehead atoms. The number of nitriles is 1. The quantitative estimate of drug-likeness (QED) is 0.738. The lowest BCUT2D eigenvalue weighted by molar-refractivity contribution is 0.0947. The van der Waals surface area contributed by atoms with Crippen LogP contribution in [-0.2, 0) is 6.54 Å². The summed E-state index contributed by atoms with van der Waals surface area (Å²) in [4.78, 5) is 11.7. The monoisotopic (exact) mass is 241 g/mol. The van der Waals surface area contributed by atoms with Crippen molar-refractivity contribution in [1.29, 1.82) is 5.26 Å². The van der Waals surface area contributed by atoms with Crippen LogP contribution in [-0.4, -0.2) is 16.1 Å². The van der Waals surface area contributed by atoms with Crippen LogP contribution in [0.2, 0.25) is 0 Å². The smallest absolute Gasteiger partial charge is 0.271 e. The van der Waals surface area contributed by atoms with Crippen LogP contribution in [0.15, 0.2) is 30.5 Å². The number of aromatic nitrogens is 2. The maximum absolute atomic E-state index is 11.7. The lowest BCUT2D eigenvalue weighted by Crippen LogP contribution is -2.24. The molecule has 90 valence electrons. The van der Waals surface area contributed by atoms with Gasteiger partial charge in [-0.3, -0.25) is 9.89 Å². The highest BCUT2D eigenvalue weighted by molar-refractivity contribution is 5.96. The molecule has 1 aromatic carbocycles. The molecule has 0 atom stereocenters. The Kier molecular flexibility index (Phi) is 3.25. The number of H-pyrrole nitrogens is 1. The fraction of sp³-hybridized carbons (Fsp3) is 0.0833. The lowest BCUT2D eigenvalue weighted by atomic mass is 10.1. The third-order valence-electron chi connectivity index (χ3n) is 2.43. The van der Waals surface area contributed by atoms with Gasteiger partial charge in [0.15, 0.2) is 0 Å². The van der Waals surface area contributed by atoms with Crippen LogP contribution in [0.1, 0.15) is 21.6 Å². The van der Waals surface area contributed by atoms with Gasteiger partial charge in [0, 0.05) is 6.54 Å². The van der Waals surface area contributed by atoms with Crippen LogP contribution < -0.4 is 11.1 Å². The van der Waals surface area contributed by atoms with E-state index in [1.54, 1.807) is 24.3 Å². The molecule has 2 aromatic rings. The molecule has 6 nitrogen and oxygen atoms in total. The zero-order valence-electron chi connectivity index (χ0n) is 9.47. The molecule has 1 aromatic heterocycles. The van der Waals surface area contributed by atoms with Crippen molar-refractivity contribution in [3.63, 3.8) is 0 Å². The summed E-state index contributed by atoms with van der Waals surface area (Å²) in [5.41, 5.74) is 7.61. The molecule has 0 aliphatic carbocycles. The van der Waals surface area contributed by atoms with Crippen LogP contribution in [0, 0.1) is 11.3 Å². The number of amides is 1. The van der Waals surface area contributed by atoms with E-state index in [1.165, 1.54) is 6.20 Å². The number of carbonyl (C=O) groups is 1. The number of nitrogens with one attached hydrogen (secondary N) is 2. The molecule has 6 heteroatoms. The van der Waals surface area contributed by atoms with Crippen LogP contribution in [0.5, 0.6) is 0 Å². The van der Waals surface area contributed by atoms with Crippen LogP contribution in [0.25, 0.3) is 0 Å². The van der Waals surface area contributed by atoms with Gasteiger partial charge in [-0.15, -0.1) is 0 Å². The number of nitrogen functional groups attached to an aromatic ring is 1. The molecule has 0 aliphatic rings. The summed E-state index contributed by atoms with van der Waals surface area (Å²) in [6.45, 7) is 0.364. The Bertz CT molecular complexity index is 594. The van der Waals surface area contributed by atoms with Crippen LogP contribution >= 0.6 is 0 Å². The Labute approximate surface area is 103 Å². The number of carbonyl (C=O) groups excluding carboxylic acids is 1. The van der Waals surface area contributed by atoms with E-state index in [0.717, 1.165) is 5.56 Å². The van der Waals surface area contributed by atoms with Crippen molar-refractivity contribution < 1.29 is 4.79 Å². The second-order valence-corrected chi connectivity index (χ2v) is 3.69.